The highest BCUT2D eigenvalue weighted by molar-refractivity contribution is 5.46. The zero-order valence-corrected chi connectivity index (χ0v) is 9.21. The molecule has 0 spiro atoms. The first kappa shape index (κ1) is 13.5. The predicted octanol–water partition coefficient (Wildman–Crippen LogP) is 2.24. The monoisotopic (exact) mass is 248 g/mol. The number of rotatable bonds is 4. The van der Waals surface area contributed by atoms with E-state index in [2.05, 4.69) is 6.58 Å². The van der Waals surface area contributed by atoms with Gasteiger partial charge >= 0.3 is 6.18 Å². The summed E-state index contributed by atoms with van der Waals surface area (Å²) in [5.74, 6) is 0.0888. The van der Waals surface area contributed by atoms with Gasteiger partial charge in [0.1, 0.15) is 17.9 Å². The minimum absolute atomic E-state index is 0.0888. The molecule has 1 rings (SSSR count). The normalized spacial score (nSPS) is 11.4. The van der Waals surface area contributed by atoms with Crippen LogP contribution in [0.15, 0.2) is 30.4 Å². The van der Waals surface area contributed by atoms with Gasteiger partial charge in [-0.25, -0.2) is 5.21 Å². The molecule has 0 amide bonds. The summed E-state index contributed by atoms with van der Waals surface area (Å²) in [7, 11) is 0. The van der Waals surface area contributed by atoms with Crippen molar-refractivity contribution in [3.05, 3.63) is 35.9 Å². The smallest absolute Gasteiger partial charge is 0.422 e. The van der Waals surface area contributed by atoms with Gasteiger partial charge in [0, 0.05) is 6.07 Å². The molecule has 0 radical (unpaired) electrons. The Morgan fingerprint density at radius 1 is 1.47 bits per heavy atom. The van der Waals surface area contributed by atoms with Crippen molar-refractivity contribution in [1.82, 2.24) is 0 Å². The van der Waals surface area contributed by atoms with Gasteiger partial charge in [-0.2, -0.15) is 18.7 Å². The molecule has 94 valence electrons. The number of halogens is 3. The van der Waals surface area contributed by atoms with Crippen LogP contribution in [0.2, 0.25) is 0 Å². The summed E-state index contributed by atoms with van der Waals surface area (Å²) in [5, 5.41) is 8.71. The molecule has 0 heterocycles. The van der Waals surface area contributed by atoms with Gasteiger partial charge in [-0.3, -0.25) is 0 Å². The quantitative estimate of drug-likeness (QED) is 0.487. The first-order valence-electron chi connectivity index (χ1n) is 4.80. The topological polar surface area (TPSA) is 46.1 Å². The van der Waals surface area contributed by atoms with Gasteiger partial charge in [0.05, 0.1) is 0 Å². The lowest BCUT2D eigenvalue weighted by Crippen LogP contribution is -2.74. The van der Waals surface area contributed by atoms with E-state index in [9.17, 15) is 13.2 Å². The van der Waals surface area contributed by atoms with E-state index in [1.54, 1.807) is 6.92 Å². The summed E-state index contributed by atoms with van der Waals surface area (Å²) in [6.45, 7) is 5.44. The van der Waals surface area contributed by atoms with Gasteiger partial charge in [-0.1, -0.05) is 6.58 Å². The van der Waals surface area contributed by atoms with Crippen LogP contribution in [0, 0.1) is 0 Å². The fraction of sp³-hybridized carbons (Fsp3) is 0.273. The minimum atomic E-state index is -4.53. The fourth-order valence-corrected chi connectivity index (χ4v) is 1.19. The van der Waals surface area contributed by atoms with Crippen LogP contribution in [0.5, 0.6) is 5.75 Å². The third kappa shape index (κ3) is 3.76. The molecule has 0 bridgehead atoms. The molecule has 0 saturated heterocycles. The molecule has 17 heavy (non-hydrogen) atoms. The molecule has 1 aromatic rings. The number of nitrogens with two attached hydrogens (primary N) is 1. The van der Waals surface area contributed by atoms with Crippen LogP contribution in [-0.2, 0) is 6.18 Å². The highest BCUT2D eigenvalue weighted by Crippen LogP contribution is 2.35. The van der Waals surface area contributed by atoms with Crippen molar-refractivity contribution in [2.24, 2.45) is 0 Å². The summed E-state index contributed by atoms with van der Waals surface area (Å²) in [6.07, 6.45) is -4.53. The summed E-state index contributed by atoms with van der Waals surface area (Å²) in [4.78, 5) is 0. The first-order valence-corrected chi connectivity index (χ1v) is 4.80. The highest BCUT2D eigenvalue weighted by Gasteiger charge is 2.36. The molecule has 0 fully saturated rings. The van der Waals surface area contributed by atoms with E-state index >= 15 is 0 Å². The minimum Gasteiger partial charge on any atom is -0.489 e. The molecule has 0 aliphatic carbocycles. The molecule has 3 N–H and O–H groups in total. The Kier molecular flexibility index (Phi) is 4.14. The lowest BCUT2D eigenvalue weighted by atomic mass is 10.1. The number of alkyl halides is 3. The average Bonchev–Trinajstić information content (AvgIpc) is 2.24. The lowest BCUT2D eigenvalue weighted by molar-refractivity contribution is -0.826. The Bertz CT molecular complexity index is 416. The predicted molar refractivity (Wildman–Crippen MR) is 55.1 cm³/mol. The second-order valence-electron chi connectivity index (χ2n) is 3.62. The summed E-state index contributed by atoms with van der Waals surface area (Å²) in [5.41, 5.74) is -0.0958. The number of ether oxygens (including phenoxy) is 1. The molecule has 0 aliphatic heterocycles. The molecule has 0 aromatic heterocycles. The zero-order valence-electron chi connectivity index (χ0n) is 9.21. The fourth-order valence-electron chi connectivity index (χ4n) is 1.19. The van der Waals surface area contributed by atoms with E-state index < -0.39 is 11.7 Å². The second-order valence-corrected chi connectivity index (χ2v) is 3.62. The van der Waals surface area contributed by atoms with Crippen LogP contribution >= 0.6 is 0 Å². The van der Waals surface area contributed by atoms with Crippen molar-refractivity contribution in [3.63, 3.8) is 0 Å². The van der Waals surface area contributed by atoms with E-state index in [0.717, 1.165) is 12.1 Å². The van der Waals surface area contributed by atoms with Crippen LogP contribution in [0.25, 0.3) is 0 Å². The molecule has 0 unspecified atom stereocenters. The SMILES string of the molecule is C=C(C)COc1ccc([NH2+]O)c(C(F)(F)F)c1. The Morgan fingerprint density at radius 3 is 2.59 bits per heavy atom. The molecule has 0 aliphatic rings. The van der Waals surface area contributed by atoms with Crippen molar-refractivity contribution in [3.8, 4) is 5.75 Å². The van der Waals surface area contributed by atoms with Crippen molar-refractivity contribution < 1.29 is 28.6 Å². The van der Waals surface area contributed by atoms with E-state index in [1.807, 2.05) is 0 Å². The number of benzene rings is 1. The van der Waals surface area contributed by atoms with Crippen LogP contribution < -0.4 is 10.2 Å². The summed E-state index contributed by atoms with van der Waals surface area (Å²) in [6, 6.07) is 3.36. The Hall–Kier alpha value is -1.53. The maximum absolute atomic E-state index is 12.6. The van der Waals surface area contributed by atoms with E-state index in [1.165, 1.54) is 6.07 Å². The van der Waals surface area contributed by atoms with E-state index in [-0.39, 0.29) is 18.0 Å². The molecule has 3 nitrogen and oxygen atoms in total. The van der Waals surface area contributed by atoms with Crippen LogP contribution in [0.4, 0.5) is 18.9 Å². The van der Waals surface area contributed by atoms with E-state index in [4.69, 9.17) is 9.94 Å². The molecular weight excluding hydrogens is 235 g/mol. The van der Waals surface area contributed by atoms with Crippen LogP contribution in [0.3, 0.4) is 0 Å². The second kappa shape index (κ2) is 5.20. The third-order valence-electron chi connectivity index (χ3n) is 1.95. The van der Waals surface area contributed by atoms with Gasteiger partial charge in [-0.05, 0) is 24.6 Å². The Labute approximate surface area is 96.5 Å². The molecule has 1 aromatic carbocycles. The van der Waals surface area contributed by atoms with Gasteiger partial charge in [0.25, 0.3) is 0 Å². The van der Waals surface area contributed by atoms with Crippen molar-refractivity contribution >= 4 is 5.69 Å². The molecule has 0 atom stereocenters. The standard InChI is InChI=1S/C11H12F3NO2/c1-7(2)6-17-8-3-4-10(15-16)9(5-8)11(12,13)14/h3-5,15-16H,1,6H2,2H3/p+1. The highest BCUT2D eigenvalue weighted by atomic mass is 19.4. The summed E-state index contributed by atoms with van der Waals surface area (Å²) < 4.78 is 42.9. The molecule has 0 saturated carbocycles. The average molecular weight is 248 g/mol. The number of hydrogen-bond donors (Lipinski definition) is 2. The first-order chi connectivity index (χ1) is 7.84. The lowest BCUT2D eigenvalue weighted by Gasteiger charge is -2.11. The van der Waals surface area contributed by atoms with Gasteiger partial charge in [-0.15, -0.1) is 0 Å². The largest absolute Gasteiger partial charge is 0.489 e. The molecule has 6 heteroatoms. The van der Waals surface area contributed by atoms with Crippen molar-refractivity contribution in [1.29, 1.82) is 0 Å². The third-order valence-corrected chi connectivity index (χ3v) is 1.95. The van der Waals surface area contributed by atoms with E-state index in [0.29, 0.717) is 11.1 Å². The maximum atomic E-state index is 12.6. The van der Waals surface area contributed by atoms with Crippen LogP contribution in [-0.4, -0.2) is 11.8 Å². The Morgan fingerprint density at radius 2 is 2.12 bits per heavy atom. The molecular formula is C11H13F3NO2+. The summed E-state index contributed by atoms with van der Waals surface area (Å²) >= 11 is 0. The zero-order chi connectivity index (χ0) is 13.1. The Balaban J connectivity index is 3.01. The number of hydrogen-bond acceptors (Lipinski definition) is 2. The maximum Gasteiger partial charge on any atom is 0.422 e. The van der Waals surface area contributed by atoms with Gasteiger partial charge in [0.15, 0.2) is 5.69 Å². The van der Waals surface area contributed by atoms with Gasteiger partial charge in [0.2, 0.25) is 0 Å². The van der Waals surface area contributed by atoms with Crippen molar-refractivity contribution in [2.75, 3.05) is 6.61 Å². The van der Waals surface area contributed by atoms with Crippen LogP contribution in [0.1, 0.15) is 12.5 Å². The van der Waals surface area contributed by atoms with Crippen molar-refractivity contribution in [2.45, 2.75) is 13.1 Å². The number of quaternary nitrogens is 1. The van der Waals surface area contributed by atoms with Gasteiger partial charge < -0.3 is 4.74 Å².